The van der Waals surface area contributed by atoms with Gasteiger partial charge >= 0.3 is 12.2 Å². The number of rotatable bonds is 4. The lowest BCUT2D eigenvalue weighted by Crippen LogP contribution is -2.32. The van der Waals surface area contributed by atoms with Crippen LogP contribution in [-0.2, 0) is 11.0 Å². The highest BCUT2D eigenvalue weighted by molar-refractivity contribution is 7.13. The molecule has 3 heterocycles. The SMILES string of the molecule is CCNC(=O)Nc1cc(-c2nc(C(F)(F)F)cs2)c(C2CC(=O)CCN2)cn1. The van der Waals surface area contributed by atoms with E-state index in [2.05, 4.69) is 25.9 Å². The second-order valence-electron chi connectivity index (χ2n) is 6.18. The molecular formula is C17H18F3N5O2S. The zero-order valence-corrected chi connectivity index (χ0v) is 15.7. The maximum absolute atomic E-state index is 13.0. The number of hydrogen-bond acceptors (Lipinski definition) is 6. The largest absolute Gasteiger partial charge is 0.434 e. The van der Waals surface area contributed by atoms with Crippen molar-refractivity contribution in [3.05, 3.63) is 28.9 Å². The van der Waals surface area contributed by atoms with E-state index in [1.54, 1.807) is 6.92 Å². The Morgan fingerprint density at radius 2 is 2.21 bits per heavy atom. The summed E-state index contributed by atoms with van der Waals surface area (Å²) in [4.78, 5) is 31.5. The van der Waals surface area contributed by atoms with Gasteiger partial charge in [-0.3, -0.25) is 10.1 Å². The first-order valence-electron chi connectivity index (χ1n) is 8.61. The van der Waals surface area contributed by atoms with Gasteiger partial charge < -0.3 is 10.6 Å². The third-order valence-corrected chi connectivity index (χ3v) is 5.02. The van der Waals surface area contributed by atoms with Crippen molar-refractivity contribution < 1.29 is 22.8 Å². The topological polar surface area (TPSA) is 96.0 Å². The standard InChI is InChI=1S/C17H18F3N5O2S/c1-2-21-16(27)25-14-6-10(15-24-13(8-28-15)17(18,19)20)11(7-23-14)12-5-9(26)3-4-22-12/h6-8,12,22H,2-5H2,1H3,(H2,21,23,25,27). The molecule has 1 atom stereocenters. The highest BCUT2D eigenvalue weighted by Crippen LogP contribution is 2.37. The van der Waals surface area contributed by atoms with Crippen molar-refractivity contribution in [2.75, 3.05) is 18.4 Å². The molecule has 2 amide bonds. The van der Waals surface area contributed by atoms with Crippen molar-refractivity contribution in [3.8, 4) is 10.6 Å². The van der Waals surface area contributed by atoms with E-state index in [0.717, 1.165) is 16.7 Å². The van der Waals surface area contributed by atoms with Crippen molar-refractivity contribution in [3.63, 3.8) is 0 Å². The predicted octanol–water partition coefficient (Wildman–Crippen LogP) is 3.36. The molecule has 3 N–H and O–H groups in total. The van der Waals surface area contributed by atoms with Crippen LogP contribution in [0.3, 0.4) is 0 Å². The van der Waals surface area contributed by atoms with Gasteiger partial charge in [0, 0.05) is 49.1 Å². The molecule has 0 bridgehead atoms. The van der Waals surface area contributed by atoms with E-state index < -0.39 is 17.9 Å². The van der Waals surface area contributed by atoms with Crippen molar-refractivity contribution in [2.45, 2.75) is 32.0 Å². The van der Waals surface area contributed by atoms with Crippen molar-refractivity contribution in [1.82, 2.24) is 20.6 Å². The first-order valence-corrected chi connectivity index (χ1v) is 9.49. The Kier molecular flexibility index (Phi) is 5.94. The van der Waals surface area contributed by atoms with Crippen molar-refractivity contribution >= 4 is 29.0 Å². The summed E-state index contributed by atoms with van der Waals surface area (Å²) < 4.78 is 38.9. The summed E-state index contributed by atoms with van der Waals surface area (Å²) in [5.74, 6) is 0.241. The molecule has 2 aromatic rings. The Balaban J connectivity index is 2.00. The lowest BCUT2D eigenvalue weighted by atomic mass is 9.94. The van der Waals surface area contributed by atoms with Crippen LogP contribution in [0.4, 0.5) is 23.8 Å². The number of amides is 2. The van der Waals surface area contributed by atoms with Crippen molar-refractivity contribution in [2.24, 2.45) is 0 Å². The highest BCUT2D eigenvalue weighted by atomic mass is 32.1. The number of hydrogen-bond donors (Lipinski definition) is 3. The molecule has 0 aliphatic carbocycles. The van der Waals surface area contributed by atoms with E-state index in [1.165, 1.54) is 12.3 Å². The average Bonchev–Trinajstić information content (AvgIpc) is 3.12. The van der Waals surface area contributed by atoms with Gasteiger partial charge in [0.05, 0.1) is 0 Å². The van der Waals surface area contributed by atoms with E-state index in [-0.39, 0.29) is 29.1 Å². The Hall–Kier alpha value is -2.53. The number of carbonyl (C=O) groups is 2. The molecule has 1 fully saturated rings. The Morgan fingerprint density at radius 3 is 2.86 bits per heavy atom. The maximum Gasteiger partial charge on any atom is 0.434 e. The lowest BCUT2D eigenvalue weighted by Gasteiger charge is -2.24. The molecule has 7 nitrogen and oxygen atoms in total. The first kappa shape index (κ1) is 20.2. The fraction of sp³-hybridized carbons (Fsp3) is 0.412. The zero-order valence-electron chi connectivity index (χ0n) is 14.9. The Bertz CT molecular complexity index is 884. The van der Waals surface area contributed by atoms with Crippen LogP contribution < -0.4 is 16.0 Å². The number of carbonyl (C=O) groups excluding carboxylic acids is 2. The summed E-state index contributed by atoms with van der Waals surface area (Å²) in [6.45, 7) is 2.64. The first-order chi connectivity index (χ1) is 13.3. The van der Waals surface area contributed by atoms with Crippen LogP contribution in [0, 0.1) is 0 Å². The summed E-state index contributed by atoms with van der Waals surface area (Å²) in [6, 6.07) is 0.625. The normalized spacial score (nSPS) is 17.4. The third kappa shape index (κ3) is 4.65. The van der Waals surface area contributed by atoms with Gasteiger partial charge in [0.25, 0.3) is 0 Å². The number of alkyl halides is 3. The van der Waals surface area contributed by atoms with Crippen LogP contribution in [0.2, 0.25) is 0 Å². The smallest absolute Gasteiger partial charge is 0.338 e. The van der Waals surface area contributed by atoms with Gasteiger partial charge in [-0.05, 0) is 18.6 Å². The number of nitrogens with one attached hydrogen (secondary N) is 3. The average molecular weight is 413 g/mol. The van der Waals surface area contributed by atoms with Gasteiger partial charge in [-0.25, -0.2) is 14.8 Å². The molecule has 0 spiro atoms. The van der Waals surface area contributed by atoms with E-state index in [1.807, 2.05) is 0 Å². The van der Waals surface area contributed by atoms with E-state index >= 15 is 0 Å². The van der Waals surface area contributed by atoms with E-state index in [4.69, 9.17) is 0 Å². The van der Waals surface area contributed by atoms with Gasteiger partial charge in [-0.15, -0.1) is 11.3 Å². The molecule has 1 aliphatic heterocycles. The zero-order chi connectivity index (χ0) is 20.3. The Labute approximate surface area is 162 Å². The summed E-state index contributed by atoms with van der Waals surface area (Å²) in [5, 5.41) is 9.36. The summed E-state index contributed by atoms with van der Waals surface area (Å²) in [5.41, 5.74) is -0.0201. The Morgan fingerprint density at radius 1 is 1.43 bits per heavy atom. The lowest BCUT2D eigenvalue weighted by molar-refractivity contribution is -0.140. The summed E-state index contributed by atoms with van der Waals surface area (Å²) >= 11 is 0.846. The van der Waals surface area contributed by atoms with Crippen molar-refractivity contribution in [1.29, 1.82) is 0 Å². The second-order valence-corrected chi connectivity index (χ2v) is 7.03. The predicted molar refractivity (Wildman–Crippen MR) is 98.0 cm³/mol. The van der Waals surface area contributed by atoms with Gasteiger partial charge in [0.15, 0.2) is 5.69 Å². The van der Waals surface area contributed by atoms with Gasteiger partial charge in [-0.2, -0.15) is 13.2 Å². The van der Waals surface area contributed by atoms with Crippen LogP contribution in [-0.4, -0.2) is 34.9 Å². The number of aromatic nitrogens is 2. The maximum atomic E-state index is 13.0. The van der Waals surface area contributed by atoms with Crippen LogP contribution in [0.25, 0.3) is 10.6 Å². The highest BCUT2D eigenvalue weighted by Gasteiger charge is 2.34. The number of urea groups is 1. The number of nitrogens with zero attached hydrogens (tertiary/aromatic N) is 2. The molecule has 2 aromatic heterocycles. The van der Waals surface area contributed by atoms with E-state index in [9.17, 15) is 22.8 Å². The fourth-order valence-electron chi connectivity index (χ4n) is 2.85. The van der Waals surface area contributed by atoms with Gasteiger partial charge in [-0.1, -0.05) is 0 Å². The molecule has 0 aromatic carbocycles. The number of thiazole rings is 1. The van der Waals surface area contributed by atoms with Crippen LogP contribution in [0.5, 0.6) is 0 Å². The molecule has 11 heteroatoms. The van der Waals surface area contributed by atoms with E-state index in [0.29, 0.717) is 30.6 Å². The van der Waals surface area contributed by atoms with Gasteiger partial charge in [0.2, 0.25) is 0 Å². The molecule has 150 valence electrons. The number of ketones is 1. The molecule has 28 heavy (non-hydrogen) atoms. The number of Topliss-reactive ketones (excluding diaryl/α,β-unsaturated/α-hetero) is 1. The number of pyridine rings is 1. The second kappa shape index (κ2) is 8.23. The summed E-state index contributed by atoms with van der Waals surface area (Å²) in [7, 11) is 0. The number of anilines is 1. The minimum Gasteiger partial charge on any atom is -0.338 e. The molecule has 0 radical (unpaired) electrons. The minimum absolute atomic E-state index is 0.0642. The minimum atomic E-state index is -4.55. The quantitative estimate of drug-likeness (QED) is 0.714. The number of piperidine rings is 1. The molecule has 3 rings (SSSR count). The third-order valence-electron chi connectivity index (χ3n) is 4.14. The molecule has 1 unspecified atom stereocenters. The molecule has 1 saturated heterocycles. The monoisotopic (exact) mass is 413 g/mol. The van der Waals surface area contributed by atoms with Gasteiger partial charge in [0.1, 0.15) is 16.6 Å². The fourth-order valence-corrected chi connectivity index (χ4v) is 3.72. The molecule has 0 saturated carbocycles. The summed E-state index contributed by atoms with van der Waals surface area (Å²) in [6.07, 6.45) is -2.47. The molecule has 1 aliphatic rings. The molecular weight excluding hydrogens is 395 g/mol. The van der Waals surface area contributed by atoms with Crippen LogP contribution >= 0.6 is 11.3 Å². The van der Waals surface area contributed by atoms with Crippen LogP contribution in [0.1, 0.15) is 37.1 Å². The number of halogens is 3. The van der Waals surface area contributed by atoms with Crippen LogP contribution in [0.15, 0.2) is 17.6 Å².